The van der Waals surface area contributed by atoms with E-state index in [0.29, 0.717) is 19.3 Å². The maximum atomic E-state index is 13.4. The van der Waals surface area contributed by atoms with Gasteiger partial charge in [-0.25, -0.2) is 8.78 Å². The molecule has 1 saturated carbocycles. The molecule has 0 unspecified atom stereocenters. The minimum absolute atomic E-state index is 0.0613. The predicted octanol–water partition coefficient (Wildman–Crippen LogP) is 3.28. The molecule has 0 aromatic heterocycles. The van der Waals surface area contributed by atoms with Gasteiger partial charge in [-0.1, -0.05) is 19.3 Å². The third-order valence-electron chi connectivity index (χ3n) is 4.59. The van der Waals surface area contributed by atoms with Gasteiger partial charge in [-0.2, -0.15) is 0 Å². The molecule has 138 valence electrons. The highest BCUT2D eigenvalue weighted by Gasteiger charge is 2.39. The van der Waals surface area contributed by atoms with Crippen LogP contribution in [0.3, 0.4) is 0 Å². The third-order valence-corrected chi connectivity index (χ3v) is 4.59. The third kappa shape index (κ3) is 5.41. The fourth-order valence-corrected chi connectivity index (χ4v) is 3.06. The number of carboxylic acids is 1. The standard InChI is InChI=1S/C18H23F2NO4/c19-13-6-7-15(14(20)11-13)25-10-4-5-16(22)21-12-18(17(23)24)8-2-1-3-9-18/h6-7,11H,1-5,8-10,12H2,(H,21,22)(H,23,24). The van der Waals surface area contributed by atoms with Crippen LogP contribution in [-0.4, -0.2) is 30.1 Å². The van der Waals surface area contributed by atoms with Crippen LogP contribution in [-0.2, 0) is 9.59 Å². The molecule has 1 amide bonds. The van der Waals surface area contributed by atoms with Crippen LogP contribution in [0.25, 0.3) is 0 Å². The number of nitrogens with one attached hydrogen (secondary N) is 1. The number of carbonyl (C=O) groups excluding carboxylic acids is 1. The first kappa shape index (κ1) is 19.1. The zero-order valence-corrected chi connectivity index (χ0v) is 14.0. The summed E-state index contributed by atoms with van der Waals surface area (Å²) in [6.07, 6.45) is 4.41. The van der Waals surface area contributed by atoms with Gasteiger partial charge in [0.2, 0.25) is 5.91 Å². The van der Waals surface area contributed by atoms with Gasteiger partial charge in [0.1, 0.15) is 5.82 Å². The Labute approximate surface area is 145 Å². The number of hydrogen-bond donors (Lipinski definition) is 2. The number of halogens is 2. The zero-order chi connectivity index (χ0) is 18.3. The van der Waals surface area contributed by atoms with Gasteiger partial charge in [0.05, 0.1) is 12.0 Å². The van der Waals surface area contributed by atoms with E-state index in [9.17, 15) is 23.5 Å². The van der Waals surface area contributed by atoms with Crippen LogP contribution < -0.4 is 10.1 Å². The lowest BCUT2D eigenvalue weighted by molar-refractivity contribution is -0.151. The zero-order valence-electron chi connectivity index (χ0n) is 14.0. The number of benzene rings is 1. The van der Waals surface area contributed by atoms with E-state index >= 15 is 0 Å². The van der Waals surface area contributed by atoms with Crippen LogP contribution in [0.4, 0.5) is 8.78 Å². The van der Waals surface area contributed by atoms with Crippen molar-refractivity contribution in [3.63, 3.8) is 0 Å². The molecule has 0 radical (unpaired) electrons. The molecule has 5 nitrogen and oxygen atoms in total. The van der Waals surface area contributed by atoms with Gasteiger partial charge in [-0.3, -0.25) is 9.59 Å². The van der Waals surface area contributed by atoms with Gasteiger partial charge in [-0.15, -0.1) is 0 Å². The molecule has 25 heavy (non-hydrogen) atoms. The fraction of sp³-hybridized carbons (Fsp3) is 0.556. The second-order valence-electron chi connectivity index (χ2n) is 6.45. The second-order valence-corrected chi connectivity index (χ2v) is 6.45. The van der Waals surface area contributed by atoms with Crippen molar-refractivity contribution in [2.75, 3.05) is 13.2 Å². The van der Waals surface area contributed by atoms with Crippen LogP contribution in [0.15, 0.2) is 18.2 Å². The summed E-state index contributed by atoms with van der Waals surface area (Å²) in [5.41, 5.74) is -0.859. The maximum absolute atomic E-state index is 13.4. The Morgan fingerprint density at radius 2 is 1.92 bits per heavy atom. The molecule has 1 aliphatic rings. The van der Waals surface area contributed by atoms with E-state index in [0.717, 1.165) is 31.4 Å². The van der Waals surface area contributed by atoms with Gasteiger partial charge < -0.3 is 15.2 Å². The minimum Gasteiger partial charge on any atom is -0.491 e. The molecule has 1 aromatic carbocycles. The minimum atomic E-state index is -0.859. The van der Waals surface area contributed by atoms with Crippen LogP contribution >= 0.6 is 0 Å². The summed E-state index contributed by atoms with van der Waals surface area (Å²) in [6, 6.07) is 3.03. The van der Waals surface area contributed by atoms with Gasteiger partial charge >= 0.3 is 5.97 Å². The lowest BCUT2D eigenvalue weighted by Gasteiger charge is -2.33. The lowest BCUT2D eigenvalue weighted by Crippen LogP contribution is -2.44. The summed E-state index contributed by atoms with van der Waals surface area (Å²) < 4.78 is 31.3. The molecular weight excluding hydrogens is 332 g/mol. The van der Waals surface area contributed by atoms with Gasteiger partial charge in [0.25, 0.3) is 0 Å². The molecule has 1 aromatic rings. The summed E-state index contributed by atoms with van der Waals surface area (Å²) >= 11 is 0. The van der Waals surface area contributed by atoms with Crippen LogP contribution in [0.1, 0.15) is 44.9 Å². The predicted molar refractivity (Wildman–Crippen MR) is 87.3 cm³/mol. The molecule has 2 rings (SSSR count). The Hall–Kier alpha value is -2.18. The SMILES string of the molecule is O=C(CCCOc1ccc(F)cc1F)NCC1(C(=O)O)CCCCC1. The van der Waals surface area contributed by atoms with E-state index in [1.54, 1.807) is 0 Å². The first-order valence-electron chi connectivity index (χ1n) is 8.51. The Morgan fingerprint density at radius 1 is 1.20 bits per heavy atom. The smallest absolute Gasteiger partial charge is 0.311 e. The highest BCUT2D eigenvalue weighted by molar-refractivity contribution is 5.79. The van der Waals surface area contributed by atoms with Gasteiger partial charge in [0, 0.05) is 19.0 Å². The largest absolute Gasteiger partial charge is 0.491 e. The van der Waals surface area contributed by atoms with Gasteiger partial charge in [-0.05, 0) is 31.4 Å². The molecule has 0 saturated heterocycles. The molecule has 0 heterocycles. The van der Waals surface area contributed by atoms with E-state index in [4.69, 9.17) is 4.74 Å². The quantitative estimate of drug-likeness (QED) is 0.702. The molecule has 7 heteroatoms. The number of hydrogen-bond acceptors (Lipinski definition) is 3. The first-order chi connectivity index (χ1) is 11.9. The van der Waals surface area contributed by atoms with E-state index in [2.05, 4.69) is 5.32 Å². The van der Waals surface area contributed by atoms with Crippen LogP contribution in [0, 0.1) is 17.0 Å². The van der Waals surface area contributed by atoms with Gasteiger partial charge in [0.15, 0.2) is 11.6 Å². The summed E-state index contributed by atoms with van der Waals surface area (Å²) in [6.45, 7) is 0.245. The van der Waals surface area contributed by atoms with Crippen molar-refractivity contribution < 1.29 is 28.2 Å². The van der Waals surface area contributed by atoms with Crippen molar-refractivity contribution >= 4 is 11.9 Å². The van der Waals surface area contributed by atoms with E-state index in [1.165, 1.54) is 6.07 Å². The van der Waals surface area contributed by atoms with E-state index in [-0.39, 0.29) is 31.2 Å². The van der Waals surface area contributed by atoms with E-state index in [1.807, 2.05) is 0 Å². The van der Waals surface area contributed by atoms with Crippen molar-refractivity contribution in [2.45, 2.75) is 44.9 Å². The monoisotopic (exact) mass is 355 g/mol. The number of ether oxygens (including phenoxy) is 1. The summed E-state index contributed by atoms with van der Waals surface area (Å²) in [7, 11) is 0. The Morgan fingerprint density at radius 3 is 2.56 bits per heavy atom. The number of carboxylic acid groups (broad SMARTS) is 1. The number of carbonyl (C=O) groups is 2. The average Bonchev–Trinajstić information content (AvgIpc) is 2.59. The number of aliphatic carboxylic acids is 1. The highest BCUT2D eigenvalue weighted by atomic mass is 19.1. The molecule has 0 spiro atoms. The summed E-state index contributed by atoms with van der Waals surface area (Å²) in [4.78, 5) is 23.4. The molecule has 0 bridgehead atoms. The average molecular weight is 355 g/mol. The first-order valence-corrected chi connectivity index (χ1v) is 8.51. The van der Waals surface area contributed by atoms with Crippen molar-refractivity contribution in [3.8, 4) is 5.75 Å². The Bertz CT molecular complexity index is 615. The second kappa shape index (κ2) is 8.78. The summed E-state index contributed by atoms with van der Waals surface area (Å²) in [5, 5.41) is 12.1. The van der Waals surface area contributed by atoms with Crippen molar-refractivity contribution in [1.82, 2.24) is 5.32 Å². The molecule has 1 aliphatic carbocycles. The maximum Gasteiger partial charge on any atom is 0.311 e. The molecule has 0 atom stereocenters. The lowest BCUT2D eigenvalue weighted by atomic mass is 9.74. The van der Waals surface area contributed by atoms with Crippen molar-refractivity contribution in [2.24, 2.45) is 5.41 Å². The molecule has 0 aliphatic heterocycles. The number of rotatable bonds is 8. The van der Waals surface area contributed by atoms with E-state index < -0.39 is 23.0 Å². The topological polar surface area (TPSA) is 75.6 Å². The normalized spacial score (nSPS) is 16.2. The highest BCUT2D eigenvalue weighted by Crippen LogP contribution is 2.36. The fourth-order valence-electron chi connectivity index (χ4n) is 3.06. The molecular formula is C18H23F2NO4. The van der Waals surface area contributed by atoms with Crippen LogP contribution in [0.2, 0.25) is 0 Å². The summed E-state index contributed by atoms with van der Waals surface area (Å²) in [5.74, 6) is -2.64. The van der Waals surface area contributed by atoms with Crippen molar-refractivity contribution in [3.05, 3.63) is 29.8 Å². The van der Waals surface area contributed by atoms with Crippen molar-refractivity contribution in [1.29, 1.82) is 0 Å². The van der Waals surface area contributed by atoms with Crippen LogP contribution in [0.5, 0.6) is 5.75 Å². The number of amides is 1. The molecule has 1 fully saturated rings. The molecule has 2 N–H and O–H groups in total. The Balaban J connectivity index is 1.70. The Kier molecular flexibility index (Phi) is 6.73.